The van der Waals surface area contributed by atoms with Crippen LogP contribution < -0.4 is 15.1 Å². The fourth-order valence-corrected chi connectivity index (χ4v) is 2.65. The molecule has 0 saturated carbocycles. The second-order valence-electron chi connectivity index (χ2n) is 5.29. The summed E-state index contributed by atoms with van der Waals surface area (Å²) in [6.07, 6.45) is 0.601. The molecule has 1 atom stereocenters. The van der Waals surface area contributed by atoms with E-state index < -0.39 is 0 Å². The average molecular weight is 263 g/mol. The third kappa shape index (κ3) is 2.79. The van der Waals surface area contributed by atoms with Gasteiger partial charge in [0.25, 0.3) is 0 Å². The maximum atomic E-state index is 9.64. The van der Waals surface area contributed by atoms with Crippen molar-refractivity contribution < 1.29 is 5.11 Å². The minimum atomic E-state index is -0.224. The van der Waals surface area contributed by atoms with Gasteiger partial charge in [-0.1, -0.05) is 0 Å². The Hall–Kier alpha value is -1.40. The highest BCUT2D eigenvalue weighted by Gasteiger charge is 2.23. The first-order valence-electron chi connectivity index (χ1n) is 6.97. The van der Waals surface area contributed by atoms with Crippen molar-refractivity contribution in [1.29, 1.82) is 0 Å². The Balaban J connectivity index is 1.83. The minimum Gasteiger partial charge on any atom is -0.391 e. The van der Waals surface area contributed by atoms with E-state index in [1.54, 1.807) is 0 Å². The Morgan fingerprint density at radius 2 is 2.00 bits per heavy atom. The number of hydrogen-bond donors (Lipinski definition) is 2. The van der Waals surface area contributed by atoms with E-state index >= 15 is 0 Å². The molecule has 0 aromatic carbocycles. The summed E-state index contributed by atoms with van der Waals surface area (Å²) in [5.74, 6) is 1.76. The topological polar surface area (TPSA) is 64.5 Å². The zero-order valence-corrected chi connectivity index (χ0v) is 11.3. The number of aliphatic hydroxyl groups excluding tert-OH is 1. The number of hydrogen-bond acceptors (Lipinski definition) is 6. The van der Waals surface area contributed by atoms with Crippen LogP contribution in [0.1, 0.15) is 12.1 Å². The predicted octanol–water partition coefficient (Wildman–Crippen LogP) is -0.234. The van der Waals surface area contributed by atoms with Gasteiger partial charge in [0, 0.05) is 51.0 Å². The van der Waals surface area contributed by atoms with Crippen LogP contribution >= 0.6 is 0 Å². The fourth-order valence-electron chi connectivity index (χ4n) is 2.65. The summed E-state index contributed by atoms with van der Waals surface area (Å²) in [5, 5.41) is 13.0. The van der Waals surface area contributed by atoms with Gasteiger partial charge in [0.15, 0.2) is 0 Å². The highest BCUT2D eigenvalue weighted by Crippen LogP contribution is 2.21. The van der Waals surface area contributed by atoms with Crippen molar-refractivity contribution in [3.05, 3.63) is 11.8 Å². The lowest BCUT2D eigenvalue weighted by atomic mass is 10.3. The lowest BCUT2D eigenvalue weighted by molar-refractivity contribution is 0.198. The summed E-state index contributed by atoms with van der Waals surface area (Å²) in [6.45, 7) is 7.42. The number of β-amino-alcohol motifs (C(OH)–C–C–N with tert-alkyl or cyclic N) is 1. The van der Waals surface area contributed by atoms with Crippen LogP contribution in [-0.2, 0) is 0 Å². The molecule has 2 aliphatic rings. The first kappa shape index (κ1) is 12.6. The first-order chi connectivity index (χ1) is 9.22. The lowest BCUT2D eigenvalue weighted by Gasteiger charge is -2.28. The molecule has 0 amide bonds. The van der Waals surface area contributed by atoms with Gasteiger partial charge in [-0.3, -0.25) is 0 Å². The van der Waals surface area contributed by atoms with Gasteiger partial charge in [-0.05, 0) is 13.3 Å². The molecule has 0 radical (unpaired) electrons. The maximum Gasteiger partial charge on any atom is 0.227 e. The summed E-state index contributed by atoms with van der Waals surface area (Å²) in [7, 11) is 0. The summed E-state index contributed by atoms with van der Waals surface area (Å²) in [5.41, 5.74) is 0.986. The summed E-state index contributed by atoms with van der Waals surface area (Å²) in [4.78, 5) is 13.6. The van der Waals surface area contributed by atoms with Crippen LogP contribution in [0, 0.1) is 6.92 Å². The van der Waals surface area contributed by atoms with Crippen LogP contribution in [-0.4, -0.2) is 60.4 Å². The number of rotatable bonds is 2. The molecule has 2 aliphatic heterocycles. The van der Waals surface area contributed by atoms with Gasteiger partial charge >= 0.3 is 0 Å². The molecule has 6 nitrogen and oxygen atoms in total. The second-order valence-corrected chi connectivity index (χ2v) is 5.29. The van der Waals surface area contributed by atoms with Crippen LogP contribution in [0.3, 0.4) is 0 Å². The highest BCUT2D eigenvalue weighted by molar-refractivity contribution is 5.47. The molecule has 2 N–H and O–H groups in total. The quantitative estimate of drug-likeness (QED) is 0.768. The first-order valence-corrected chi connectivity index (χ1v) is 6.97. The van der Waals surface area contributed by atoms with Gasteiger partial charge in [-0.2, -0.15) is 4.98 Å². The molecule has 1 aromatic heterocycles. The molecule has 19 heavy (non-hydrogen) atoms. The molecule has 104 valence electrons. The molecule has 2 saturated heterocycles. The Morgan fingerprint density at radius 1 is 1.21 bits per heavy atom. The number of anilines is 2. The third-order valence-corrected chi connectivity index (χ3v) is 3.72. The Kier molecular flexibility index (Phi) is 3.52. The molecule has 0 spiro atoms. The molecule has 3 heterocycles. The van der Waals surface area contributed by atoms with Gasteiger partial charge in [0.1, 0.15) is 5.82 Å². The van der Waals surface area contributed by atoms with E-state index in [2.05, 4.69) is 25.1 Å². The van der Waals surface area contributed by atoms with Gasteiger partial charge in [0.2, 0.25) is 5.95 Å². The number of nitrogens with one attached hydrogen (secondary N) is 1. The zero-order chi connectivity index (χ0) is 13.2. The van der Waals surface area contributed by atoms with Crippen molar-refractivity contribution in [3.63, 3.8) is 0 Å². The number of aromatic nitrogens is 2. The van der Waals surface area contributed by atoms with Crippen molar-refractivity contribution in [2.45, 2.75) is 19.4 Å². The predicted molar refractivity (Wildman–Crippen MR) is 74.7 cm³/mol. The van der Waals surface area contributed by atoms with Crippen LogP contribution in [0.25, 0.3) is 0 Å². The lowest BCUT2D eigenvalue weighted by Crippen LogP contribution is -2.44. The van der Waals surface area contributed by atoms with E-state index in [0.29, 0.717) is 6.54 Å². The second kappa shape index (κ2) is 5.30. The highest BCUT2D eigenvalue weighted by atomic mass is 16.3. The van der Waals surface area contributed by atoms with E-state index in [1.807, 2.05) is 13.0 Å². The van der Waals surface area contributed by atoms with Gasteiger partial charge in [-0.25, -0.2) is 4.98 Å². The monoisotopic (exact) mass is 263 g/mol. The van der Waals surface area contributed by atoms with E-state index in [1.165, 1.54) is 0 Å². The molecular formula is C13H21N5O. The number of piperazine rings is 1. The van der Waals surface area contributed by atoms with E-state index in [4.69, 9.17) is 0 Å². The zero-order valence-electron chi connectivity index (χ0n) is 11.3. The van der Waals surface area contributed by atoms with Crippen LogP contribution in [0.15, 0.2) is 6.07 Å². The molecule has 3 rings (SSSR count). The van der Waals surface area contributed by atoms with E-state index in [0.717, 1.165) is 56.6 Å². The molecule has 0 bridgehead atoms. The van der Waals surface area contributed by atoms with Gasteiger partial charge in [0.05, 0.1) is 6.10 Å². The Labute approximate surface area is 113 Å². The number of aryl methyl sites for hydroxylation is 1. The maximum absolute atomic E-state index is 9.64. The van der Waals surface area contributed by atoms with Crippen molar-refractivity contribution in [3.8, 4) is 0 Å². The van der Waals surface area contributed by atoms with Crippen molar-refractivity contribution >= 4 is 11.8 Å². The van der Waals surface area contributed by atoms with E-state index in [9.17, 15) is 5.11 Å². The standard InChI is InChI=1S/C13H21N5O/c1-10-8-12(18-5-2-11(19)9-18)16-13(15-10)17-6-3-14-4-7-17/h8,11,14,19H,2-7,9H2,1H3/t11-/m0/s1. The molecule has 1 aromatic rings. The largest absolute Gasteiger partial charge is 0.391 e. The molecule has 0 aliphatic carbocycles. The number of nitrogens with zero attached hydrogens (tertiary/aromatic N) is 4. The van der Waals surface area contributed by atoms with Crippen molar-refractivity contribution in [2.24, 2.45) is 0 Å². The van der Waals surface area contributed by atoms with Crippen LogP contribution in [0.2, 0.25) is 0 Å². The summed E-state index contributed by atoms with van der Waals surface area (Å²) >= 11 is 0. The smallest absolute Gasteiger partial charge is 0.227 e. The van der Waals surface area contributed by atoms with Crippen LogP contribution in [0.4, 0.5) is 11.8 Å². The molecule has 0 unspecified atom stereocenters. The Morgan fingerprint density at radius 3 is 2.68 bits per heavy atom. The summed E-state index contributed by atoms with van der Waals surface area (Å²) in [6, 6.07) is 2.00. The van der Waals surface area contributed by atoms with Crippen molar-refractivity contribution in [1.82, 2.24) is 15.3 Å². The normalized spacial score (nSPS) is 24.0. The van der Waals surface area contributed by atoms with Gasteiger partial charge < -0.3 is 20.2 Å². The minimum absolute atomic E-state index is 0.224. The van der Waals surface area contributed by atoms with Crippen molar-refractivity contribution in [2.75, 3.05) is 49.1 Å². The van der Waals surface area contributed by atoms with Gasteiger partial charge in [-0.15, -0.1) is 0 Å². The third-order valence-electron chi connectivity index (χ3n) is 3.72. The van der Waals surface area contributed by atoms with E-state index in [-0.39, 0.29) is 6.10 Å². The molecule has 6 heteroatoms. The summed E-state index contributed by atoms with van der Waals surface area (Å²) < 4.78 is 0. The SMILES string of the molecule is Cc1cc(N2CC[C@H](O)C2)nc(N2CCNCC2)n1. The molecule has 2 fully saturated rings. The van der Waals surface area contributed by atoms with Crippen LogP contribution in [0.5, 0.6) is 0 Å². The fraction of sp³-hybridized carbons (Fsp3) is 0.692. The number of aliphatic hydroxyl groups is 1. The Bertz CT molecular complexity index is 424. The molecular weight excluding hydrogens is 242 g/mol. The average Bonchev–Trinajstić information content (AvgIpc) is 2.86.